The summed E-state index contributed by atoms with van der Waals surface area (Å²) in [5.41, 5.74) is 0. The molecule has 1 aromatic heterocycles. The van der Waals surface area contributed by atoms with Crippen molar-refractivity contribution < 1.29 is 0 Å². The monoisotopic (exact) mass is 332 g/mol. The smallest absolute Gasteiger partial charge is 0.156 e. The van der Waals surface area contributed by atoms with E-state index in [2.05, 4.69) is 52.2 Å². The van der Waals surface area contributed by atoms with Crippen LogP contribution in [0.15, 0.2) is 20.9 Å². The fraction of sp³-hybridized carbons (Fsp3) is 0.583. The van der Waals surface area contributed by atoms with Crippen molar-refractivity contribution in [2.45, 2.75) is 26.3 Å². The second-order valence-corrected chi connectivity index (χ2v) is 7.92. The standard InChI is InChI=1S/C12H17BrN2S2/c1-8-7-16-12(15-9(8)2)14-6-5-10-3-4-11(13)17-10/h3-4,8-9H,5-7H2,1-2H3,(H,14,15). The lowest BCUT2D eigenvalue weighted by Crippen LogP contribution is -2.41. The number of nitrogens with zero attached hydrogens (tertiary/aromatic N) is 1. The van der Waals surface area contributed by atoms with Gasteiger partial charge < -0.3 is 5.32 Å². The van der Waals surface area contributed by atoms with Gasteiger partial charge in [0, 0.05) is 29.6 Å². The van der Waals surface area contributed by atoms with Crippen LogP contribution in [-0.2, 0) is 6.42 Å². The molecule has 2 atom stereocenters. The molecule has 0 aromatic carbocycles. The van der Waals surface area contributed by atoms with E-state index in [1.54, 1.807) is 11.3 Å². The molecule has 1 aliphatic heterocycles. The molecular weight excluding hydrogens is 316 g/mol. The average Bonchev–Trinajstić information content (AvgIpc) is 2.70. The predicted molar refractivity (Wildman–Crippen MR) is 82.2 cm³/mol. The van der Waals surface area contributed by atoms with E-state index < -0.39 is 0 Å². The highest BCUT2D eigenvalue weighted by Gasteiger charge is 2.20. The molecule has 1 N–H and O–H groups in total. The Labute approximate surface area is 119 Å². The van der Waals surface area contributed by atoms with Crippen molar-refractivity contribution in [3.63, 3.8) is 0 Å². The van der Waals surface area contributed by atoms with Crippen LogP contribution in [0.3, 0.4) is 0 Å². The van der Waals surface area contributed by atoms with Crippen molar-refractivity contribution in [2.75, 3.05) is 12.3 Å². The van der Waals surface area contributed by atoms with E-state index in [1.165, 1.54) is 14.4 Å². The minimum atomic E-state index is 0.547. The van der Waals surface area contributed by atoms with Crippen LogP contribution in [0.1, 0.15) is 18.7 Å². The molecule has 2 rings (SSSR count). The Morgan fingerprint density at radius 3 is 2.94 bits per heavy atom. The van der Waals surface area contributed by atoms with Crippen molar-refractivity contribution in [1.82, 2.24) is 5.32 Å². The summed E-state index contributed by atoms with van der Waals surface area (Å²) >= 11 is 7.13. The van der Waals surface area contributed by atoms with Crippen molar-refractivity contribution in [1.29, 1.82) is 0 Å². The van der Waals surface area contributed by atoms with Crippen molar-refractivity contribution in [2.24, 2.45) is 10.9 Å². The molecule has 1 saturated heterocycles. The first-order valence-electron chi connectivity index (χ1n) is 5.83. The summed E-state index contributed by atoms with van der Waals surface area (Å²) < 4.78 is 1.20. The first-order chi connectivity index (χ1) is 8.15. The minimum absolute atomic E-state index is 0.547. The maximum Gasteiger partial charge on any atom is 0.156 e. The third kappa shape index (κ3) is 4.00. The van der Waals surface area contributed by atoms with Crippen molar-refractivity contribution in [3.05, 3.63) is 20.8 Å². The lowest BCUT2D eigenvalue weighted by Gasteiger charge is -2.28. The molecule has 0 bridgehead atoms. The quantitative estimate of drug-likeness (QED) is 0.911. The molecule has 1 fully saturated rings. The lowest BCUT2D eigenvalue weighted by atomic mass is 10.1. The number of aliphatic imine (C=N–C) groups is 1. The second-order valence-electron chi connectivity index (χ2n) is 4.36. The molecule has 2 unspecified atom stereocenters. The van der Waals surface area contributed by atoms with Gasteiger partial charge in [-0.1, -0.05) is 18.7 Å². The summed E-state index contributed by atoms with van der Waals surface area (Å²) in [5, 5.41) is 4.58. The molecule has 0 radical (unpaired) electrons. The molecule has 0 spiro atoms. The number of thioether (sulfide) groups is 1. The molecule has 5 heteroatoms. The van der Waals surface area contributed by atoms with E-state index in [-0.39, 0.29) is 0 Å². The number of hydrogen-bond donors (Lipinski definition) is 1. The molecular formula is C12H17BrN2S2. The minimum Gasteiger partial charge on any atom is -0.362 e. The highest BCUT2D eigenvalue weighted by atomic mass is 79.9. The van der Waals surface area contributed by atoms with Crippen LogP contribution < -0.4 is 5.32 Å². The summed E-state index contributed by atoms with van der Waals surface area (Å²) in [7, 11) is 0. The number of amidine groups is 1. The molecule has 0 amide bonds. The summed E-state index contributed by atoms with van der Waals surface area (Å²) in [5.74, 6) is 1.91. The fourth-order valence-electron chi connectivity index (χ4n) is 1.58. The second kappa shape index (κ2) is 6.25. The topological polar surface area (TPSA) is 24.4 Å². The van der Waals surface area contributed by atoms with Crippen LogP contribution in [0.25, 0.3) is 0 Å². The van der Waals surface area contributed by atoms with Gasteiger partial charge in [-0.3, -0.25) is 4.99 Å². The van der Waals surface area contributed by atoms with Gasteiger partial charge in [-0.15, -0.1) is 11.3 Å². The van der Waals surface area contributed by atoms with Gasteiger partial charge in [0.05, 0.1) is 3.79 Å². The molecule has 2 heterocycles. The Morgan fingerprint density at radius 2 is 2.29 bits per heavy atom. The number of halogens is 1. The normalized spacial score (nSPS) is 27.1. The SMILES string of the molecule is CC1CSC(=NCCc2ccc(Br)s2)NC1C. The van der Waals surface area contributed by atoms with Crippen LogP contribution in [0, 0.1) is 5.92 Å². The van der Waals surface area contributed by atoms with Gasteiger partial charge in [-0.25, -0.2) is 0 Å². The van der Waals surface area contributed by atoms with E-state index in [9.17, 15) is 0 Å². The lowest BCUT2D eigenvalue weighted by molar-refractivity contribution is 0.490. The Hall–Kier alpha value is -0.0000000000000000278. The molecule has 1 aliphatic rings. The summed E-state index contributed by atoms with van der Waals surface area (Å²) in [6.07, 6.45) is 1.03. The highest BCUT2D eigenvalue weighted by molar-refractivity contribution is 9.11. The maximum absolute atomic E-state index is 4.63. The Balaban J connectivity index is 1.81. The first-order valence-corrected chi connectivity index (χ1v) is 8.42. The molecule has 1 aromatic rings. The van der Waals surface area contributed by atoms with Gasteiger partial charge in [-0.2, -0.15) is 0 Å². The number of thiophene rings is 1. The van der Waals surface area contributed by atoms with Gasteiger partial charge in [0.2, 0.25) is 0 Å². The molecule has 2 nitrogen and oxygen atoms in total. The Kier molecular flexibility index (Phi) is 4.94. The Bertz CT molecular complexity index is 403. The summed E-state index contributed by atoms with van der Waals surface area (Å²) in [4.78, 5) is 6.02. The number of hydrogen-bond acceptors (Lipinski definition) is 3. The third-order valence-corrected chi connectivity index (χ3v) is 5.83. The van der Waals surface area contributed by atoms with E-state index in [0.29, 0.717) is 6.04 Å². The number of nitrogens with one attached hydrogen (secondary N) is 1. The van der Waals surface area contributed by atoms with Gasteiger partial charge in [0.25, 0.3) is 0 Å². The largest absolute Gasteiger partial charge is 0.362 e. The highest BCUT2D eigenvalue weighted by Crippen LogP contribution is 2.23. The molecule has 0 saturated carbocycles. The van der Waals surface area contributed by atoms with Crippen LogP contribution in [-0.4, -0.2) is 23.5 Å². The van der Waals surface area contributed by atoms with Crippen LogP contribution in [0.5, 0.6) is 0 Å². The summed E-state index contributed by atoms with van der Waals surface area (Å²) in [6.45, 7) is 5.39. The van der Waals surface area contributed by atoms with Crippen molar-refractivity contribution >= 4 is 44.2 Å². The first kappa shape index (κ1) is 13.4. The van der Waals surface area contributed by atoms with Crippen LogP contribution in [0.4, 0.5) is 0 Å². The van der Waals surface area contributed by atoms with Gasteiger partial charge >= 0.3 is 0 Å². The molecule has 17 heavy (non-hydrogen) atoms. The van der Waals surface area contributed by atoms with E-state index in [4.69, 9.17) is 0 Å². The summed E-state index contributed by atoms with van der Waals surface area (Å²) in [6, 6.07) is 4.82. The van der Waals surface area contributed by atoms with Gasteiger partial charge in [0.15, 0.2) is 5.17 Å². The molecule has 94 valence electrons. The molecule has 0 aliphatic carbocycles. The van der Waals surface area contributed by atoms with E-state index in [1.807, 2.05) is 11.8 Å². The Morgan fingerprint density at radius 1 is 1.47 bits per heavy atom. The van der Waals surface area contributed by atoms with Crippen LogP contribution >= 0.6 is 39.0 Å². The van der Waals surface area contributed by atoms with Gasteiger partial charge in [0.1, 0.15) is 0 Å². The maximum atomic E-state index is 4.63. The number of rotatable bonds is 3. The van der Waals surface area contributed by atoms with Crippen molar-refractivity contribution in [3.8, 4) is 0 Å². The van der Waals surface area contributed by atoms with E-state index >= 15 is 0 Å². The van der Waals surface area contributed by atoms with Gasteiger partial charge in [-0.05, 0) is 40.9 Å². The van der Waals surface area contributed by atoms with Crippen LogP contribution in [0.2, 0.25) is 0 Å². The predicted octanol–water partition coefficient (Wildman–Crippen LogP) is 3.77. The van der Waals surface area contributed by atoms with E-state index in [0.717, 1.165) is 24.1 Å². The zero-order chi connectivity index (χ0) is 12.3. The average molecular weight is 333 g/mol. The zero-order valence-electron chi connectivity index (χ0n) is 10.1. The fourth-order valence-corrected chi connectivity index (χ4v) is 4.21. The third-order valence-electron chi connectivity index (χ3n) is 2.93. The zero-order valence-corrected chi connectivity index (χ0v) is 13.3.